The van der Waals surface area contributed by atoms with Crippen LogP contribution in [-0.4, -0.2) is 5.78 Å². The highest BCUT2D eigenvalue weighted by atomic mass is 16.1. The molecule has 0 radical (unpaired) electrons. The van der Waals surface area contributed by atoms with Crippen LogP contribution in [0.4, 0.5) is 0 Å². The lowest BCUT2D eigenvalue weighted by molar-refractivity contribution is -0.116. The molecule has 1 rings (SSSR count). The van der Waals surface area contributed by atoms with E-state index in [1.54, 1.807) is 6.92 Å². The van der Waals surface area contributed by atoms with Crippen LogP contribution < -0.4 is 0 Å². The maximum Gasteiger partial charge on any atom is 0.165 e. The quantitative estimate of drug-likeness (QED) is 0.662. The Morgan fingerprint density at radius 1 is 1.36 bits per heavy atom. The molecule has 1 heteroatoms. The van der Waals surface area contributed by atoms with Gasteiger partial charge in [-0.1, -0.05) is 43.8 Å². The van der Waals surface area contributed by atoms with E-state index in [1.165, 1.54) is 0 Å². The predicted octanol–water partition coefficient (Wildman–Crippen LogP) is 3.33. The predicted molar refractivity (Wildman–Crippen MR) is 59.3 cm³/mol. The zero-order valence-corrected chi connectivity index (χ0v) is 8.79. The normalized spacial score (nSPS) is 12.1. The van der Waals surface area contributed by atoms with Crippen molar-refractivity contribution in [1.29, 1.82) is 0 Å². The summed E-state index contributed by atoms with van der Waals surface area (Å²) >= 11 is 0. The molecule has 0 saturated carbocycles. The van der Waals surface area contributed by atoms with Crippen LogP contribution in [0.2, 0.25) is 0 Å². The molecule has 1 aromatic rings. The van der Waals surface area contributed by atoms with E-state index in [9.17, 15) is 4.79 Å². The van der Waals surface area contributed by atoms with Crippen molar-refractivity contribution < 1.29 is 4.79 Å². The molecule has 1 atom stereocenters. The summed E-state index contributed by atoms with van der Waals surface area (Å²) in [6.45, 7) is 7.50. The van der Waals surface area contributed by atoms with Crippen molar-refractivity contribution in [2.24, 2.45) is 0 Å². The summed E-state index contributed by atoms with van der Waals surface area (Å²) in [4.78, 5) is 11.8. The van der Waals surface area contributed by atoms with Gasteiger partial charge in [-0.05, 0) is 24.5 Å². The van der Waals surface area contributed by atoms with Crippen LogP contribution >= 0.6 is 0 Å². The highest BCUT2D eigenvalue weighted by Gasteiger charge is 2.18. The second-order valence-electron chi connectivity index (χ2n) is 3.52. The van der Waals surface area contributed by atoms with Crippen LogP contribution in [-0.2, 0) is 4.79 Å². The highest BCUT2D eigenvalue weighted by molar-refractivity contribution is 5.99. The molecule has 1 aromatic carbocycles. The summed E-state index contributed by atoms with van der Waals surface area (Å²) in [5, 5.41) is 0. The minimum Gasteiger partial charge on any atom is -0.294 e. The van der Waals surface area contributed by atoms with Crippen molar-refractivity contribution in [2.45, 2.75) is 26.2 Å². The van der Waals surface area contributed by atoms with Crippen molar-refractivity contribution in [3.8, 4) is 0 Å². The van der Waals surface area contributed by atoms with Gasteiger partial charge in [0.25, 0.3) is 0 Å². The monoisotopic (exact) mass is 188 g/mol. The average Bonchev–Trinajstić information content (AvgIpc) is 2.20. The molecule has 1 nitrogen and oxygen atoms in total. The lowest BCUT2D eigenvalue weighted by Crippen LogP contribution is -2.12. The van der Waals surface area contributed by atoms with E-state index in [1.807, 2.05) is 37.3 Å². The van der Waals surface area contributed by atoms with Gasteiger partial charge in [-0.15, -0.1) is 0 Å². The third-order valence-electron chi connectivity index (χ3n) is 2.35. The van der Waals surface area contributed by atoms with Gasteiger partial charge >= 0.3 is 0 Å². The molecule has 0 saturated heterocycles. The van der Waals surface area contributed by atoms with Crippen LogP contribution in [0.25, 0.3) is 0 Å². The molecule has 0 heterocycles. The van der Waals surface area contributed by atoms with Gasteiger partial charge in [-0.25, -0.2) is 0 Å². The number of hydrogen-bond donors (Lipinski definition) is 0. The summed E-state index contributed by atoms with van der Waals surface area (Å²) < 4.78 is 0. The Bertz CT molecular complexity index is 324. The smallest absolute Gasteiger partial charge is 0.165 e. The van der Waals surface area contributed by atoms with Crippen molar-refractivity contribution >= 4 is 5.78 Å². The number of benzene rings is 1. The molecule has 0 amide bonds. The summed E-state index contributed by atoms with van der Waals surface area (Å²) in [7, 11) is 0. The Kier molecular flexibility index (Phi) is 3.63. The molecule has 0 spiro atoms. The van der Waals surface area contributed by atoms with Crippen molar-refractivity contribution in [2.75, 3.05) is 0 Å². The van der Waals surface area contributed by atoms with Crippen molar-refractivity contribution in [3.63, 3.8) is 0 Å². The fourth-order valence-corrected chi connectivity index (χ4v) is 1.56. The standard InChI is InChI=1S/C13H16O/c1-4-12(13(14)10(2)3)11-8-6-5-7-9-11/h5-9,12H,2,4H2,1,3H3. The molecule has 74 valence electrons. The zero-order chi connectivity index (χ0) is 10.6. The number of hydrogen-bond acceptors (Lipinski definition) is 1. The molecule has 0 aliphatic carbocycles. The topological polar surface area (TPSA) is 17.1 Å². The van der Waals surface area contributed by atoms with Gasteiger partial charge in [0.1, 0.15) is 0 Å². The van der Waals surface area contributed by atoms with Gasteiger partial charge in [0.05, 0.1) is 0 Å². The van der Waals surface area contributed by atoms with Crippen LogP contribution in [0.3, 0.4) is 0 Å². The number of Topliss-reactive ketones (excluding diaryl/α,β-unsaturated/α-hetero) is 1. The van der Waals surface area contributed by atoms with E-state index in [2.05, 4.69) is 6.58 Å². The summed E-state index contributed by atoms with van der Waals surface area (Å²) in [6.07, 6.45) is 0.829. The Balaban J connectivity index is 2.93. The largest absolute Gasteiger partial charge is 0.294 e. The van der Waals surface area contributed by atoms with Crippen LogP contribution in [0.1, 0.15) is 31.7 Å². The molecule has 0 aliphatic rings. The Labute approximate surface area is 85.5 Å². The van der Waals surface area contributed by atoms with E-state index in [4.69, 9.17) is 0 Å². The number of ketones is 1. The molecule has 1 unspecified atom stereocenters. The van der Waals surface area contributed by atoms with Crippen LogP contribution in [0.15, 0.2) is 42.5 Å². The van der Waals surface area contributed by atoms with Crippen LogP contribution in [0, 0.1) is 0 Å². The van der Waals surface area contributed by atoms with Crippen molar-refractivity contribution in [3.05, 3.63) is 48.0 Å². The van der Waals surface area contributed by atoms with Gasteiger partial charge in [0.2, 0.25) is 0 Å². The van der Waals surface area contributed by atoms with E-state index >= 15 is 0 Å². The minimum atomic E-state index is -0.0197. The lowest BCUT2D eigenvalue weighted by Gasteiger charge is -2.13. The number of rotatable bonds is 4. The molecule has 14 heavy (non-hydrogen) atoms. The Hall–Kier alpha value is -1.37. The Morgan fingerprint density at radius 2 is 1.93 bits per heavy atom. The summed E-state index contributed by atoms with van der Waals surface area (Å²) in [5.41, 5.74) is 1.73. The van der Waals surface area contributed by atoms with Crippen LogP contribution in [0.5, 0.6) is 0 Å². The van der Waals surface area contributed by atoms with E-state index in [-0.39, 0.29) is 11.7 Å². The van der Waals surface area contributed by atoms with Gasteiger partial charge in [-0.3, -0.25) is 4.79 Å². The lowest BCUT2D eigenvalue weighted by atomic mass is 9.89. The van der Waals surface area contributed by atoms with E-state index < -0.39 is 0 Å². The fraction of sp³-hybridized carbons (Fsp3) is 0.308. The molecule has 0 aromatic heterocycles. The molecule has 0 bridgehead atoms. The van der Waals surface area contributed by atoms with Gasteiger partial charge in [-0.2, -0.15) is 0 Å². The SMILES string of the molecule is C=C(C)C(=O)C(CC)c1ccccc1. The maximum atomic E-state index is 11.8. The Morgan fingerprint density at radius 3 is 2.36 bits per heavy atom. The van der Waals surface area contributed by atoms with Gasteiger partial charge in [0, 0.05) is 5.92 Å². The average molecular weight is 188 g/mol. The first-order valence-corrected chi connectivity index (χ1v) is 4.91. The van der Waals surface area contributed by atoms with Gasteiger partial charge < -0.3 is 0 Å². The third-order valence-corrected chi connectivity index (χ3v) is 2.35. The minimum absolute atomic E-state index is 0.0197. The molecule has 0 aliphatic heterocycles. The third kappa shape index (κ3) is 2.32. The number of carbonyl (C=O) groups is 1. The molecular formula is C13H16O. The number of allylic oxidation sites excluding steroid dienone is 1. The first kappa shape index (κ1) is 10.7. The first-order chi connectivity index (χ1) is 6.66. The number of carbonyl (C=O) groups excluding carboxylic acids is 1. The summed E-state index contributed by atoms with van der Waals surface area (Å²) in [5.74, 6) is 0.132. The second-order valence-corrected chi connectivity index (χ2v) is 3.52. The van der Waals surface area contributed by atoms with E-state index in [0.717, 1.165) is 12.0 Å². The fourth-order valence-electron chi connectivity index (χ4n) is 1.56. The second kappa shape index (κ2) is 4.75. The first-order valence-electron chi connectivity index (χ1n) is 4.91. The highest BCUT2D eigenvalue weighted by Crippen LogP contribution is 2.22. The van der Waals surface area contributed by atoms with Crippen molar-refractivity contribution in [1.82, 2.24) is 0 Å². The van der Waals surface area contributed by atoms with Gasteiger partial charge in [0.15, 0.2) is 5.78 Å². The maximum absolute atomic E-state index is 11.8. The molecule has 0 N–H and O–H groups in total. The molecule has 0 fully saturated rings. The van der Waals surface area contributed by atoms with E-state index in [0.29, 0.717) is 5.57 Å². The summed E-state index contributed by atoms with van der Waals surface area (Å²) in [6, 6.07) is 9.87. The zero-order valence-electron chi connectivity index (χ0n) is 8.79. The molecular weight excluding hydrogens is 172 g/mol.